The minimum Gasteiger partial charge on any atom is -0.350 e. The van der Waals surface area contributed by atoms with Gasteiger partial charge in [0.2, 0.25) is 5.91 Å². The predicted molar refractivity (Wildman–Crippen MR) is 78.8 cm³/mol. The molecule has 2 rings (SSSR count). The number of amides is 2. The van der Waals surface area contributed by atoms with Gasteiger partial charge in [0.15, 0.2) is 0 Å². The summed E-state index contributed by atoms with van der Waals surface area (Å²) in [5.41, 5.74) is 0.105. The number of nitrogens with one attached hydrogen (secondary N) is 1. The maximum absolute atomic E-state index is 13.3. The molecule has 0 radical (unpaired) electrons. The monoisotopic (exact) mass is 312 g/mol. The van der Waals surface area contributed by atoms with E-state index in [0.29, 0.717) is 13.0 Å². The normalized spacial score (nSPS) is 16.7. The van der Waals surface area contributed by atoms with E-state index in [2.05, 4.69) is 5.32 Å². The Kier molecular flexibility index (Phi) is 5.17. The molecule has 0 saturated carbocycles. The van der Waals surface area contributed by atoms with Crippen LogP contribution in [0.2, 0.25) is 5.02 Å². The minimum atomic E-state index is -0.622. The average Bonchev–Trinajstić information content (AvgIpc) is 2.47. The van der Waals surface area contributed by atoms with E-state index in [0.717, 1.165) is 19.4 Å². The lowest BCUT2D eigenvalue weighted by atomic mass is 10.1. The number of rotatable bonds is 4. The molecular weight excluding hydrogens is 295 g/mol. The van der Waals surface area contributed by atoms with Crippen LogP contribution in [0.4, 0.5) is 4.39 Å². The van der Waals surface area contributed by atoms with Gasteiger partial charge in [0.05, 0.1) is 10.6 Å². The second kappa shape index (κ2) is 6.89. The second-order valence-electron chi connectivity index (χ2n) is 5.20. The summed E-state index contributed by atoms with van der Waals surface area (Å²) in [6.45, 7) is 2.92. The first-order valence-electron chi connectivity index (χ1n) is 7.02. The van der Waals surface area contributed by atoms with Crippen molar-refractivity contribution in [2.45, 2.75) is 32.2 Å². The van der Waals surface area contributed by atoms with Gasteiger partial charge < -0.3 is 10.2 Å². The molecule has 0 spiro atoms. The van der Waals surface area contributed by atoms with Crippen molar-refractivity contribution in [3.8, 4) is 0 Å². The van der Waals surface area contributed by atoms with Crippen LogP contribution in [0.5, 0.6) is 0 Å². The molecule has 1 aliphatic rings. The summed E-state index contributed by atoms with van der Waals surface area (Å²) in [4.78, 5) is 25.6. The van der Waals surface area contributed by atoms with Gasteiger partial charge in [0.25, 0.3) is 5.91 Å². The highest BCUT2D eigenvalue weighted by Gasteiger charge is 2.23. The smallest absolute Gasteiger partial charge is 0.252 e. The first kappa shape index (κ1) is 15.8. The zero-order valence-electron chi connectivity index (χ0n) is 11.9. The number of carbonyl (C=O) groups is 2. The molecule has 6 heteroatoms. The molecule has 0 unspecified atom stereocenters. The van der Waals surface area contributed by atoms with E-state index < -0.39 is 11.7 Å². The molecule has 1 heterocycles. The number of halogens is 2. The molecule has 1 aromatic rings. The van der Waals surface area contributed by atoms with Crippen molar-refractivity contribution in [3.63, 3.8) is 0 Å². The number of nitrogens with zero attached hydrogens (tertiary/aromatic N) is 1. The Morgan fingerprint density at radius 2 is 2.24 bits per heavy atom. The third-order valence-corrected chi connectivity index (χ3v) is 4.03. The van der Waals surface area contributed by atoms with Crippen molar-refractivity contribution in [2.75, 3.05) is 13.1 Å². The maximum Gasteiger partial charge on any atom is 0.252 e. The third-order valence-electron chi connectivity index (χ3n) is 3.65. The number of piperidine rings is 1. The van der Waals surface area contributed by atoms with Gasteiger partial charge in [-0.25, -0.2) is 4.39 Å². The Hall–Kier alpha value is -1.62. The van der Waals surface area contributed by atoms with Gasteiger partial charge in [-0.3, -0.25) is 9.59 Å². The number of hydrogen-bond donors (Lipinski definition) is 1. The fraction of sp³-hybridized carbons (Fsp3) is 0.467. The molecule has 4 nitrogen and oxygen atoms in total. The van der Waals surface area contributed by atoms with Crippen LogP contribution < -0.4 is 5.32 Å². The Morgan fingerprint density at radius 3 is 2.95 bits per heavy atom. The predicted octanol–water partition coefficient (Wildman–Crippen LogP) is 2.61. The number of carbonyl (C=O) groups excluding carboxylic acids is 2. The molecule has 0 bridgehead atoms. The Morgan fingerprint density at radius 1 is 1.48 bits per heavy atom. The first-order valence-corrected chi connectivity index (χ1v) is 7.40. The maximum atomic E-state index is 13.3. The zero-order valence-corrected chi connectivity index (χ0v) is 12.6. The Bertz CT molecular complexity index is 550. The van der Waals surface area contributed by atoms with Crippen molar-refractivity contribution < 1.29 is 14.0 Å². The van der Waals surface area contributed by atoms with Crippen molar-refractivity contribution in [1.82, 2.24) is 10.2 Å². The van der Waals surface area contributed by atoms with E-state index in [9.17, 15) is 14.0 Å². The third kappa shape index (κ3) is 3.73. The van der Waals surface area contributed by atoms with Crippen molar-refractivity contribution in [3.05, 3.63) is 34.6 Å². The fourth-order valence-corrected chi connectivity index (χ4v) is 2.63. The zero-order chi connectivity index (χ0) is 15.4. The van der Waals surface area contributed by atoms with E-state index in [4.69, 9.17) is 11.6 Å². The first-order chi connectivity index (χ1) is 10.0. The SMILES string of the molecule is C[C@H](CNC(=O)c1cccc(F)c1Cl)N1CCCCC1=O. The standard InChI is InChI=1S/C15H18ClFN2O2/c1-10(19-8-3-2-7-13(19)20)9-18-15(21)11-5-4-6-12(17)14(11)16/h4-6,10H,2-3,7-9H2,1H3,(H,18,21)/t10-/m1/s1. The molecule has 0 aromatic heterocycles. The fourth-order valence-electron chi connectivity index (χ4n) is 2.42. The van der Waals surface area contributed by atoms with Gasteiger partial charge in [-0.05, 0) is 31.9 Å². The van der Waals surface area contributed by atoms with Gasteiger partial charge in [0.1, 0.15) is 5.82 Å². The van der Waals surface area contributed by atoms with Crippen LogP contribution in [0.25, 0.3) is 0 Å². The summed E-state index contributed by atoms with van der Waals surface area (Å²) in [6, 6.07) is 4.02. The summed E-state index contributed by atoms with van der Waals surface area (Å²) < 4.78 is 13.3. The lowest BCUT2D eigenvalue weighted by Gasteiger charge is -2.32. The number of benzene rings is 1. The molecular formula is C15H18ClFN2O2. The van der Waals surface area contributed by atoms with Gasteiger partial charge in [0, 0.05) is 25.6 Å². The molecule has 1 aromatic carbocycles. The highest BCUT2D eigenvalue weighted by molar-refractivity contribution is 6.34. The van der Waals surface area contributed by atoms with Crippen LogP contribution in [-0.4, -0.2) is 35.8 Å². The number of likely N-dealkylation sites (tertiary alicyclic amines) is 1. The minimum absolute atomic E-state index is 0.0888. The molecule has 2 amide bonds. The highest BCUT2D eigenvalue weighted by Crippen LogP contribution is 2.19. The van der Waals surface area contributed by atoms with E-state index in [-0.39, 0.29) is 22.5 Å². The molecule has 0 aliphatic carbocycles. The van der Waals surface area contributed by atoms with Crippen LogP contribution in [0.3, 0.4) is 0 Å². The van der Waals surface area contributed by atoms with E-state index in [1.54, 1.807) is 4.90 Å². The van der Waals surface area contributed by atoms with Gasteiger partial charge in [-0.1, -0.05) is 17.7 Å². The molecule has 1 fully saturated rings. The van der Waals surface area contributed by atoms with Crippen LogP contribution in [0, 0.1) is 5.82 Å². The van der Waals surface area contributed by atoms with Crippen molar-refractivity contribution in [2.24, 2.45) is 0 Å². The lowest BCUT2D eigenvalue weighted by Crippen LogP contribution is -2.47. The molecule has 1 aliphatic heterocycles. The Labute approximate surface area is 128 Å². The van der Waals surface area contributed by atoms with Gasteiger partial charge in [-0.15, -0.1) is 0 Å². The topological polar surface area (TPSA) is 49.4 Å². The van der Waals surface area contributed by atoms with Gasteiger partial charge >= 0.3 is 0 Å². The molecule has 114 valence electrons. The van der Waals surface area contributed by atoms with E-state index in [1.165, 1.54) is 18.2 Å². The van der Waals surface area contributed by atoms with Crippen molar-refractivity contribution in [1.29, 1.82) is 0 Å². The summed E-state index contributed by atoms with van der Waals surface area (Å²) in [6.07, 6.45) is 2.47. The summed E-state index contributed by atoms with van der Waals surface area (Å²) in [5, 5.41) is 2.52. The van der Waals surface area contributed by atoms with Crippen molar-refractivity contribution >= 4 is 23.4 Å². The Balaban J connectivity index is 1.94. The molecule has 1 saturated heterocycles. The average molecular weight is 313 g/mol. The van der Waals surface area contributed by atoms with Crippen LogP contribution >= 0.6 is 11.6 Å². The molecule has 1 N–H and O–H groups in total. The highest BCUT2D eigenvalue weighted by atomic mass is 35.5. The lowest BCUT2D eigenvalue weighted by molar-refractivity contribution is -0.135. The summed E-state index contributed by atoms with van der Waals surface area (Å²) >= 11 is 5.77. The van der Waals surface area contributed by atoms with E-state index in [1.807, 2.05) is 6.92 Å². The quantitative estimate of drug-likeness (QED) is 0.929. The molecule has 1 atom stereocenters. The summed E-state index contributed by atoms with van der Waals surface area (Å²) in [5.74, 6) is -0.939. The molecule has 21 heavy (non-hydrogen) atoms. The summed E-state index contributed by atoms with van der Waals surface area (Å²) in [7, 11) is 0. The largest absolute Gasteiger partial charge is 0.350 e. The van der Waals surface area contributed by atoms with Gasteiger partial charge in [-0.2, -0.15) is 0 Å². The van der Waals surface area contributed by atoms with Crippen LogP contribution in [0.1, 0.15) is 36.5 Å². The second-order valence-corrected chi connectivity index (χ2v) is 5.58. The van der Waals surface area contributed by atoms with Crippen LogP contribution in [0.15, 0.2) is 18.2 Å². The number of hydrogen-bond acceptors (Lipinski definition) is 2. The van der Waals surface area contributed by atoms with E-state index >= 15 is 0 Å². The van der Waals surface area contributed by atoms with Crippen LogP contribution in [-0.2, 0) is 4.79 Å².